The lowest BCUT2D eigenvalue weighted by Crippen LogP contribution is -2.02. The minimum absolute atomic E-state index is 0.366. The van der Waals surface area contributed by atoms with Gasteiger partial charge in [0.1, 0.15) is 5.82 Å². The molecule has 0 amide bonds. The van der Waals surface area contributed by atoms with E-state index < -0.39 is 5.82 Å². The predicted molar refractivity (Wildman–Crippen MR) is 69.0 cm³/mol. The van der Waals surface area contributed by atoms with Crippen LogP contribution in [0.4, 0.5) is 10.1 Å². The van der Waals surface area contributed by atoms with Gasteiger partial charge in [-0.2, -0.15) is 0 Å². The minimum Gasteiger partial charge on any atom is -0.399 e. The standard InChI is InChI=1S/C13H10FN5/c14-10-7-17-13(18-8-10)19-6-5-16-12(19)9-1-3-11(15)4-2-9/h1-8H,15H2. The van der Waals surface area contributed by atoms with E-state index in [0.717, 1.165) is 18.0 Å². The van der Waals surface area contributed by atoms with Crippen molar-refractivity contribution in [3.05, 3.63) is 54.9 Å². The molecule has 0 saturated carbocycles. The Kier molecular flexibility index (Phi) is 2.68. The number of imidazole rings is 1. The largest absolute Gasteiger partial charge is 0.399 e. The second kappa shape index (κ2) is 4.49. The van der Waals surface area contributed by atoms with Gasteiger partial charge >= 0.3 is 0 Å². The molecular weight excluding hydrogens is 245 g/mol. The number of anilines is 1. The number of halogens is 1. The Hall–Kier alpha value is -2.76. The van der Waals surface area contributed by atoms with Gasteiger partial charge in [0.05, 0.1) is 12.4 Å². The molecule has 2 N–H and O–H groups in total. The summed E-state index contributed by atoms with van der Waals surface area (Å²) >= 11 is 0. The van der Waals surface area contributed by atoms with Gasteiger partial charge < -0.3 is 5.73 Å². The van der Waals surface area contributed by atoms with Crippen molar-refractivity contribution >= 4 is 5.69 Å². The molecular formula is C13H10FN5. The van der Waals surface area contributed by atoms with Crippen molar-refractivity contribution in [2.45, 2.75) is 0 Å². The lowest BCUT2D eigenvalue weighted by atomic mass is 10.2. The topological polar surface area (TPSA) is 69.6 Å². The first kappa shape index (κ1) is 11.3. The Labute approximate surface area is 108 Å². The molecule has 0 aliphatic rings. The van der Waals surface area contributed by atoms with E-state index in [2.05, 4.69) is 15.0 Å². The van der Waals surface area contributed by atoms with E-state index in [1.165, 1.54) is 0 Å². The fourth-order valence-electron chi connectivity index (χ4n) is 1.74. The number of hydrogen-bond donors (Lipinski definition) is 1. The number of hydrogen-bond acceptors (Lipinski definition) is 4. The highest BCUT2D eigenvalue weighted by atomic mass is 19.1. The van der Waals surface area contributed by atoms with Crippen LogP contribution in [0.25, 0.3) is 17.3 Å². The number of nitrogen functional groups attached to an aromatic ring is 1. The third kappa shape index (κ3) is 2.15. The van der Waals surface area contributed by atoms with Gasteiger partial charge in [0, 0.05) is 23.6 Å². The van der Waals surface area contributed by atoms with E-state index >= 15 is 0 Å². The highest BCUT2D eigenvalue weighted by Crippen LogP contribution is 2.20. The first-order chi connectivity index (χ1) is 9.24. The van der Waals surface area contributed by atoms with E-state index in [0.29, 0.717) is 17.5 Å². The third-order valence-electron chi connectivity index (χ3n) is 2.63. The molecule has 0 unspecified atom stereocenters. The first-order valence-electron chi connectivity index (χ1n) is 5.61. The number of nitrogens with two attached hydrogens (primary N) is 1. The molecule has 6 heteroatoms. The van der Waals surface area contributed by atoms with Crippen LogP contribution in [0.3, 0.4) is 0 Å². The zero-order chi connectivity index (χ0) is 13.2. The summed E-state index contributed by atoms with van der Waals surface area (Å²) in [7, 11) is 0. The molecule has 19 heavy (non-hydrogen) atoms. The Morgan fingerprint density at radius 2 is 1.68 bits per heavy atom. The quantitative estimate of drug-likeness (QED) is 0.711. The van der Waals surface area contributed by atoms with Crippen molar-refractivity contribution in [2.75, 3.05) is 5.73 Å². The fourth-order valence-corrected chi connectivity index (χ4v) is 1.74. The van der Waals surface area contributed by atoms with E-state index in [9.17, 15) is 4.39 Å². The van der Waals surface area contributed by atoms with Crippen LogP contribution in [0.2, 0.25) is 0 Å². The molecule has 0 spiro atoms. The van der Waals surface area contributed by atoms with Crippen molar-refractivity contribution < 1.29 is 4.39 Å². The molecule has 0 saturated heterocycles. The maximum absolute atomic E-state index is 12.8. The number of benzene rings is 1. The summed E-state index contributed by atoms with van der Waals surface area (Å²) in [5.74, 6) is 0.565. The van der Waals surface area contributed by atoms with Gasteiger partial charge in [-0.05, 0) is 24.3 Å². The number of rotatable bonds is 2. The average molecular weight is 255 g/mol. The molecule has 94 valence electrons. The zero-order valence-electron chi connectivity index (χ0n) is 9.86. The molecule has 0 aliphatic carbocycles. The molecule has 2 aromatic heterocycles. The molecule has 3 aromatic rings. The molecule has 2 heterocycles. The van der Waals surface area contributed by atoms with Gasteiger partial charge in [0.15, 0.2) is 5.82 Å². The summed E-state index contributed by atoms with van der Waals surface area (Å²) in [5.41, 5.74) is 7.21. The summed E-state index contributed by atoms with van der Waals surface area (Å²) in [4.78, 5) is 12.1. The molecule has 0 radical (unpaired) electrons. The third-order valence-corrected chi connectivity index (χ3v) is 2.63. The van der Waals surface area contributed by atoms with E-state index in [-0.39, 0.29) is 0 Å². The van der Waals surface area contributed by atoms with E-state index in [1.54, 1.807) is 29.1 Å². The van der Waals surface area contributed by atoms with Gasteiger partial charge in [0.25, 0.3) is 0 Å². The summed E-state index contributed by atoms with van der Waals surface area (Å²) in [6.45, 7) is 0. The summed E-state index contributed by atoms with van der Waals surface area (Å²) in [6.07, 6.45) is 5.60. The molecule has 0 aliphatic heterocycles. The fraction of sp³-hybridized carbons (Fsp3) is 0. The number of aromatic nitrogens is 4. The van der Waals surface area contributed by atoms with Crippen LogP contribution in [0.1, 0.15) is 0 Å². The Morgan fingerprint density at radius 3 is 2.37 bits per heavy atom. The molecule has 0 atom stereocenters. The van der Waals surface area contributed by atoms with Crippen LogP contribution in [0.15, 0.2) is 49.1 Å². The van der Waals surface area contributed by atoms with Gasteiger partial charge in [0.2, 0.25) is 5.95 Å². The Balaban J connectivity index is 2.07. The molecule has 5 nitrogen and oxygen atoms in total. The van der Waals surface area contributed by atoms with Crippen LogP contribution in [-0.4, -0.2) is 19.5 Å². The van der Waals surface area contributed by atoms with Crippen LogP contribution >= 0.6 is 0 Å². The maximum atomic E-state index is 12.8. The SMILES string of the molecule is Nc1ccc(-c2nccn2-c2ncc(F)cn2)cc1. The van der Waals surface area contributed by atoms with Crippen LogP contribution < -0.4 is 5.73 Å². The second-order valence-electron chi connectivity index (χ2n) is 3.94. The smallest absolute Gasteiger partial charge is 0.235 e. The zero-order valence-corrected chi connectivity index (χ0v) is 9.86. The first-order valence-corrected chi connectivity index (χ1v) is 5.61. The van der Waals surface area contributed by atoms with Crippen LogP contribution in [0.5, 0.6) is 0 Å². The highest BCUT2D eigenvalue weighted by Gasteiger charge is 2.09. The predicted octanol–water partition coefficient (Wildman–Crippen LogP) is 2.05. The summed E-state index contributed by atoms with van der Waals surface area (Å²) in [6, 6.07) is 7.30. The molecule has 0 bridgehead atoms. The van der Waals surface area contributed by atoms with Gasteiger partial charge in [-0.25, -0.2) is 19.3 Å². The van der Waals surface area contributed by atoms with Crippen LogP contribution in [0, 0.1) is 5.82 Å². The molecule has 3 rings (SSSR count). The lowest BCUT2D eigenvalue weighted by Gasteiger charge is -2.06. The second-order valence-corrected chi connectivity index (χ2v) is 3.94. The van der Waals surface area contributed by atoms with Crippen molar-refractivity contribution in [1.82, 2.24) is 19.5 Å². The Morgan fingerprint density at radius 1 is 1.00 bits per heavy atom. The van der Waals surface area contributed by atoms with Gasteiger partial charge in [-0.15, -0.1) is 0 Å². The highest BCUT2D eigenvalue weighted by molar-refractivity contribution is 5.60. The van der Waals surface area contributed by atoms with E-state index in [1.807, 2.05) is 12.1 Å². The van der Waals surface area contributed by atoms with Crippen molar-refractivity contribution in [1.29, 1.82) is 0 Å². The normalized spacial score (nSPS) is 10.6. The summed E-state index contributed by atoms with van der Waals surface area (Å²) < 4.78 is 14.5. The maximum Gasteiger partial charge on any atom is 0.235 e. The Bertz CT molecular complexity index is 628. The average Bonchev–Trinajstić information content (AvgIpc) is 2.90. The van der Waals surface area contributed by atoms with Gasteiger partial charge in [-0.3, -0.25) is 4.57 Å². The monoisotopic (exact) mass is 255 g/mol. The molecule has 1 aromatic carbocycles. The van der Waals surface area contributed by atoms with Crippen molar-refractivity contribution in [2.24, 2.45) is 0 Å². The summed E-state index contributed by atoms with van der Waals surface area (Å²) in [5, 5.41) is 0. The van der Waals surface area contributed by atoms with Crippen molar-refractivity contribution in [3.63, 3.8) is 0 Å². The molecule has 0 fully saturated rings. The number of nitrogens with zero attached hydrogens (tertiary/aromatic N) is 4. The van der Waals surface area contributed by atoms with Crippen LogP contribution in [-0.2, 0) is 0 Å². The minimum atomic E-state index is -0.474. The van der Waals surface area contributed by atoms with E-state index in [4.69, 9.17) is 5.73 Å². The van der Waals surface area contributed by atoms with Gasteiger partial charge in [-0.1, -0.05) is 0 Å². The lowest BCUT2D eigenvalue weighted by molar-refractivity contribution is 0.611. The van der Waals surface area contributed by atoms with Crippen molar-refractivity contribution in [3.8, 4) is 17.3 Å².